The monoisotopic (exact) mass is 256 g/mol. The molecule has 7 heteroatoms. The fourth-order valence-corrected chi connectivity index (χ4v) is 1.67. The molecule has 96 valence electrons. The minimum absolute atomic E-state index is 0.0184. The van der Waals surface area contributed by atoms with Gasteiger partial charge in [0.05, 0.1) is 16.6 Å². The van der Waals surface area contributed by atoms with Crippen LogP contribution in [-0.4, -0.2) is 16.9 Å². The van der Waals surface area contributed by atoms with Crippen molar-refractivity contribution in [1.29, 1.82) is 0 Å². The van der Waals surface area contributed by atoms with E-state index in [4.69, 9.17) is 0 Å². The van der Waals surface area contributed by atoms with Crippen LogP contribution in [0.5, 0.6) is 0 Å². The van der Waals surface area contributed by atoms with Crippen molar-refractivity contribution < 1.29 is 18.5 Å². The maximum Gasteiger partial charge on any atom is 0.307 e. The van der Waals surface area contributed by atoms with E-state index in [0.29, 0.717) is 12.1 Å². The van der Waals surface area contributed by atoms with Gasteiger partial charge in [0.25, 0.3) is 5.91 Å². The second-order valence-electron chi connectivity index (χ2n) is 4.14. The van der Waals surface area contributed by atoms with Gasteiger partial charge in [0, 0.05) is 6.04 Å². The van der Waals surface area contributed by atoms with E-state index in [2.05, 4.69) is 5.32 Å². The van der Waals surface area contributed by atoms with Crippen LogP contribution in [0.2, 0.25) is 0 Å². The van der Waals surface area contributed by atoms with Gasteiger partial charge in [-0.25, -0.2) is 4.39 Å². The van der Waals surface area contributed by atoms with Crippen molar-refractivity contribution in [1.82, 2.24) is 5.32 Å². The van der Waals surface area contributed by atoms with Crippen LogP contribution in [-0.2, 0) is 0 Å². The first-order valence-electron chi connectivity index (χ1n) is 5.43. The SMILES string of the molecule is O=C(NC1CCC1)c1cc(F)c([N+](=O)[O-])cc1F. The first-order valence-corrected chi connectivity index (χ1v) is 5.43. The van der Waals surface area contributed by atoms with Gasteiger partial charge in [-0.05, 0) is 25.3 Å². The molecular weight excluding hydrogens is 246 g/mol. The lowest BCUT2D eigenvalue weighted by atomic mass is 9.93. The van der Waals surface area contributed by atoms with Crippen molar-refractivity contribution in [3.63, 3.8) is 0 Å². The lowest BCUT2D eigenvalue weighted by Gasteiger charge is -2.26. The molecule has 1 aromatic rings. The van der Waals surface area contributed by atoms with E-state index < -0.39 is 33.7 Å². The Labute approximate surface area is 101 Å². The Bertz CT molecular complexity index is 515. The average Bonchev–Trinajstić information content (AvgIpc) is 2.25. The van der Waals surface area contributed by atoms with Crippen molar-refractivity contribution in [2.24, 2.45) is 0 Å². The van der Waals surface area contributed by atoms with Crippen LogP contribution in [0.3, 0.4) is 0 Å². The summed E-state index contributed by atoms with van der Waals surface area (Å²) in [6.07, 6.45) is 2.60. The van der Waals surface area contributed by atoms with Crippen LogP contribution in [0.1, 0.15) is 29.6 Å². The number of rotatable bonds is 3. The highest BCUT2D eigenvalue weighted by Crippen LogP contribution is 2.23. The third kappa shape index (κ3) is 2.29. The van der Waals surface area contributed by atoms with Crippen molar-refractivity contribution in [3.05, 3.63) is 39.4 Å². The van der Waals surface area contributed by atoms with Gasteiger partial charge in [0.2, 0.25) is 5.82 Å². The summed E-state index contributed by atoms with van der Waals surface area (Å²) in [4.78, 5) is 21.0. The van der Waals surface area contributed by atoms with E-state index in [9.17, 15) is 23.7 Å². The van der Waals surface area contributed by atoms with E-state index in [1.807, 2.05) is 0 Å². The van der Waals surface area contributed by atoms with Crippen LogP contribution in [0.15, 0.2) is 12.1 Å². The van der Waals surface area contributed by atoms with E-state index >= 15 is 0 Å². The molecule has 5 nitrogen and oxygen atoms in total. The fraction of sp³-hybridized carbons (Fsp3) is 0.364. The molecule has 0 aromatic heterocycles. The van der Waals surface area contributed by atoms with Crippen molar-refractivity contribution >= 4 is 11.6 Å². The van der Waals surface area contributed by atoms with Gasteiger partial charge in [0.1, 0.15) is 5.82 Å². The number of carbonyl (C=O) groups is 1. The lowest BCUT2D eigenvalue weighted by Crippen LogP contribution is -2.39. The first kappa shape index (κ1) is 12.4. The Morgan fingerprint density at radius 2 is 2.00 bits per heavy atom. The summed E-state index contributed by atoms with van der Waals surface area (Å²) in [6, 6.07) is 0.960. The molecule has 0 bridgehead atoms. The molecule has 0 atom stereocenters. The Kier molecular flexibility index (Phi) is 3.22. The third-order valence-corrected chi connectivity index (χ3v) is 2.92. The number of amides is 1. The molecule has 0 saturated heterocycles. The molecule has 1 fully saturated rings. The minimum atomic E-state index is -1.22. The molecule has 0 heterocycles. The van der Waals surface area contributed by atoms with E-state index in [1.165, 1.54) is 0 Å². The minimum Gasteiger partial charge on any atom is -0.349 e. The molecule has 0 radical (unpaired) electrons. The van der Waals surface area contributed by atoms with E-state index in [0.717, 1.165) is 19.3 Å². The number of benzene rings is 1. The summed E-state index contributed by atoms with van der Waals surface area (Å²) in [5.74, 6) is -3.06. The van der Waals surface area contributed by atoms with Gasteiger partial charge in [-0.3, -0.25) is 14.9 Å². The second-order valence-corrected chi connectivity index (χ2v) is 4.14. The summed E-state index contributed by atoms with van der Waals surface area (Å²) in [7, 11) is 0. The maximum atomic E-state index is 13.5. The number of carbonyl (C=O) groups excluding carboxylic acids is 1. The number of hydrogen-bond donors (Lipinski definition) is 1. The van der Waals surface area contributed by atoms with E-state index in [1.54, 1.807) is 0 Å². The molecule has 1 aromatic carbocycles. The van der Waals surface area contributed by atoms with Gasteiger partial charge < -0.3 is 5.32 Å². The zero-order valence-corrected chi connectivity index (χ0v) is 9.28. The van der Waals surface area contributed by atoms with E-state index in [-0.39, 0.29) is 6.04 Å². The molecule has 1 aliphatic carbocycles. The summed E-state index contributed by atoms with van der Waals surface area (Å²) < 4.78 is 26.8. The normalized spacial score (nSPS) is 15.0. The highest BCUT2D eigenvalue weighted by molar-refractivity contribution is 5.95. The summed E-state index contributed by atoms with van der Waals surface area (Å²) in [5.41, 5.74) is -1.49. The van der Waals surface area contributed by atoms with Gasteiger partial charge in [-0.1, -0.05) is 0 Å². The topological polar surface area (TPSA) is 72.2 Å². The lowest BCUT2D eigenvalue weighted by molar-refractivity contribution is -0.387. The molecule has 0 unspecified atom stereocenters. The highest BCUT2D eigenvalue weighted by Gasteiger charge is 2.25. The van der Waals surface area contributed by atoms with Crippen molar-refractivity contribution in [2.45, 2.75) is 25.3 Å². The van der Waals surface area contributed by atoms with Gasteiger partial charge >= 0.3 is 5.69 Å². The number of nitro benzene ring substituents is 1. The molecule has 18 heavy (non-hydrogen) atoms. The average molecular weight is 256 g/mol. The maximum absolute atomic E-state index is 13.5. The third-order valence-electron chi connectivity index (χ3n) is 2.92. The second kappa shape index (κ2) is 4.67. The number of nitrogens with one attached hydrogen (secondary N) is 1. The van der Waals surface area contributed by atoms with Crippen LogP contribution < -0.4 is 5.32 Å². The number of halogens is 2. The molecule has 1 aliphatic rings. The summed E-state index contributed by atoms with van der Waals surface area (Å²) in [6.45, 7) is 0. The van der Waals surface area contributed by atoms with Crippen LogP contribution in [0.4, 0.5) is 14.5 Å². The van der Waals surface area contributed by atoms with Crippen LogP contribution in [0.25, 0.3) is 0 Å². The number of hydrogen-bond acceptors (Lipinski definition) is 3. The quantitative estimate of drug-likeness (QED) is 0.665. The van der Waals surface area contributed by atoms with Crippen LogP contribution in [0, 0.1) is 21.7 Å². The Balaban J connectivity index is 2.24. The molecule has 1 amide bonds. The Morgan fingerprint density at radius 3 is 2.50 bits per heavy atom. The predicted octanol–water partition coefficient (Wildman–Crippen LogP) is 2.16. The molecule has 1 N–H and O–H groups in total. The summed E-state index contributed by atoms with van der Waals surface area (Å²) in [5, 5.41) is 12.9. The number of nitro groups is 1. The standard InChI is InChI=1S/C11H10F2N2O3/c12-8-5-10(15(17)18)9(13)4-7(8)11(16)14-6-2-1-3-6/h4-6H,1-3H2,(H,14,16). The zero-order chi connectivity index (χ0) is 13.3. The largest absolute Gasteiger partial charge is 0.349 e. The predicted molar refractivity (Wildman–Crippen MR) is 58.1 cm³/mol. The number of nitrogens with zero attached hydrogens (tertiary/aromatic N) is 1. The molecule has 0 spiro atoms. The fourth-order valence-electron chi connectivity index (χ4n) is 1.67. The Hall–Kier alpha value is -2.05. The van der Waals surface area contributed by atoms with Crippen LogP contribution >= 0.6 is 0 Å². The van der Waals surface area contributed by atoms with Gasteiger partial charge in [-0.2, -0.15) is 4.39 Å². The molecule has 2 rings (SSSR count). The smallest absolute Gasteiger partial charge is 0.307 e. The summed E-state index contributed by atoms with van der Waals surface area (Å²) >= 11 is 0. The van der Waals surface area contributed by atoms with Gasteiger partial charge in [0.15, 0.2) is 0 Å². The first-order chi connectivity index (χ1) is 8.49. The van der Waals surface area contributed by atoms with Crippen molar-refractivity contribution in [3.8, 4) is 0 Å². The van der Waals surface area contributed by atoms with Crippen molar-refractivity contribution in [2.75, 3.05) is 0 Å². The van der Waals surface area contributed by atoms with Gasteiger partial charge in [-0.15, -0.1) is 0 Å². The molecule has 0 aliphatic heterocycles. The molecular formula is C11H10F2N2O3. The molecule has 1 saturated carbocycles. The zero-order valence-electron chi connectivity index (χ0n) is 9.28. The Morgan fingerprint density at radius 1 is 1.33 bits per heavy atom. The highest BCUT2D eigenvalue weighted by atomic mass is 19.1.